The number of primary amides is 1. The molecule has 0 aliphatic heterocycles. The zero-order valence-electron chi connectivity index (χ0n) is 10.4. The summed E-state index contributed by atoms with van der Waals surface area (Å²) in [5.41, 5.74) is 12.5. The maximum Gasteiger partial charge on any atom is 0.252 e. The lowest BCUT2D eigenvalue weighted by molar-refractivity contribution is 0.0996. The van der Waals surface area contributed by atoms with Gasteiger partial charge in [0, 0.05) is 26.8 Å². The van der Waals surface area contributed by atoms with Crippen LogP contribution in [0.25, 0.3) is 0 Å². The van der Waals surface area contributed by atoms with E-state index in [0.717, 1.165) is 10.0 Å². The Labute approximate surface area is 129 Å². The average Bonchev–Trinajstić information content (AvgIpc) is 2.37. The van der Waals surface area contributed by atoms with Gasteiger partial charge in [0.2, 0.25) is 0 Å². The number of carbonyl (C=O) groups excluding carboxylic acids is 1. The topological polar surface area (TPSA) is 78.3 Å². The molecule has 0 saturated heterocycles. The second-order valence-corrected chi connectivity index (χ2v) is 5.47. The lowest BCUT2D eigenvalue weighted by Crippen LogP contribution is -2.13. The fourth-order valence-electron chi connectivity index (χ4n) is 1.66. The summed E-state index contributed by atoms with van der Waals surface area (Å²) in [5, 5.41) is 0.573. The number of amides is 1. The van der Waals surface area contributed by atoms with Gasteiger partial charge in [0.25, 0.3) is 5.91 Å². The lowest BCUT2D eigenvalue weighted by Gasteiger charge is -2.11. The van der Waals surface area contributed by atoms with Gasteiger partial charge >= 0.3 is 0 Å². The molecule has 2 aromatic carbocycles. The number of rotatable bonds is 4. The maximum atomic E-state index is 11.3. The van der Waals surface area contributed by atoms with E-state index in [1.54, 1.807) is 18.2 Å². The number of ether oxygens (including phenoxy) is 1. The Kier molecular flexibility index (Phi) is 4.52. The van der Waals surface area contributed by atoms with Crippen molar-refractivity contribution in [2.75, 3.05) is 5.73 Å². The summed E-state index contributed by atoms with van der Waals surface area (Å²) < 4.78 is 6.49. The van der Waals surface area contributed by atoms with Gasteiger partial charge in [-0.2, -0.15) is 0 Å². The van der Waals surface area contributed by atoms with Crippen LogP contribution in [0.4, 0.5) is 5.69 Å². The normalized spacial score (nSPS) is 10.3. The predicted molar refractivity (Wildman–Crippen MR) is 82.9 cm³/mol. The molecule has 0 spiro atoms. The molecule has 0 heterocycles. The Morgan fingerprint density at radius 1 is 1.25 bits per heavy atom. The van der Waals surface area contributed by atoms with Crippen LogP contribution in [0, 0.1) is 0 Å². The first-order valence-electron chi connectivity index (χ1n) is 5.73. The minimum absolute atomic E-state index is 0.218. The third-order valence-electron chi connectivity index (χ3n) is 2.67. The molecule has 104 valence electrons. The van der Waals surface area contributed by atoms with Crippen molar-refractivity contribution in [3.05, 3.63) is 57.0 Å². The van der Waals surface area contributed by atoms with Crippen LogP contribution < -0.4 is 16.2 Å². The Bertz CT molecular complexity index is 662. The summed E-state index contributed by atoms with van der Waals surface area (Å²) in [7, 11) is 0. The van der Waals surface area contributed by atoms with E-state index in [4.69, 9.17) is 27.8 Å². The van der Waals surface area contributed by atoms with Crippen LogP contribution in [0.2, 0.25) is 5.02 Å². The number of halogens is 2. The van der Waals surface area contributed by atoms with E-state index in [2.05, 4.69) is 15.9 Å². The molecule has 4 N–H and O–H groups in total. The van der Waals surface area contributed by atoms with E-state index in [-0.39, 0.29) is 12.2 Å². The van der Waals surface area contributed by atoms with E-state index in [9.17, 15) is 4.79 Å². The first kappa shape index (κ1) is 14.7. The number of nitrogens with two attached hydrogens (primary N) is 2. The highest BCUT2D eigenvalue weighted by Gasteiger charge is 2.11. The van der Waals surface area contributed by atoms with Crippen LogP contribution in [-0.4, -0.2) is 5.91 Å². The second kappa shape index (κ2) is 6.15. The first-order chi connectivity index (χ1) is 9.47. The average molecular weight is 356 g/mol. The van der Waals surface area contributed by atoms with Crippen molar-refractivity contribution in [3.63, 3.8) is 0 Å². The molecule has 0 bridgehead atoms. The summed E-state index contributed by atoms with van der Waals surface area (Å²) in [6.07, 6.45) is 0. The Balaban J connectivity index is 2.22. The molecule has 0 aliphatic carbocycles. The number of nitrogen functional groups attached to an aromatic ring is 1. The SMILES string of the molecule is NC(=O)c1ccc(N)cc1OCc1ccc(Br)cc1Cl. The minimum Gasteiger partial charge on any atom is -0.488 e. The van der Waals surface area contributed by atoms with Crippen LogP contribution in [0.15, 0.2) is 40.9 Å². The van der Waals surface area contributed by atoms with Crippen LogP contribution >= 0.6 is 27.5 Å². The van der Waals surface area contributed by atoms with Crippen molar-refractivity contribution in [3.8, 4) is 5.75 Å². The number of anilines is 1. The van der Waals surface area contributed by atoms with Gasteiger partial charge in [-0.25, -0.2) is 0 Å². The summed E-state index contributed by atoms with van der Waals surface area (Å²) in [6.45, 7) is 0.218. The van der Waals surface area contributed by atoms with Crippen molar-refractivity contribution in [2.45, 2.75) is 6.61 Å². The Morgan fingerprint density at radius 2 is 2.00 bits per heavy atom. The summed E-state index contributed by atoms with van der Waals surface area (Å²) >= 11 is 9.43. The number of hydrogen-bond acceptors (Lipinski definition) is 3. The third kappa shape index (κ3) is 3.43. The zero-order chi connectivity index (χ0) is 14.7. The quantitative estimate of drug-likeness (QED) is 0.825. The maximum absolute atomic E-state index is 11.3. The van der Waals surface area contributed by atoms with E-state index >= 15 is 0 Å². The Morgan fingerprint density at radius 3 is 2.65 bits per heavy atom. The second-order valence-electron chi connectivity index (χ2n) is 4.14. The van der Waals surface area contributed by atoms with E-state index < -0.39 is 5.91 Å². The molecular weight excluding hydrogens is 344 g/mol. The fraction of sp³-hybridized carbons (Fsp3) is 0.0714. The highest BCUT2D eigenvalue weighted by molar-refractivity contribution is 9.10. The number of benzene rings is 2. The molecule has 6 heteroatoms. The van der Waals surface area contributed by atoms with Crippen molar-refractivity contribution in [1.29, 1.82) is 0 Å². The van der Waals surface area contributed by atoms with Crippen LogP contribution in [0.3, 0.4) is 0 Å². The highest BCUT2D eigenvalue weighted by Crippen LogP contribution is 2.25. The van der Waals surface area contributed by atoms with Crippen molar-refractivity contribution in [1.82, 2.24) is 0 Å². The lowest BCUT2D eigenvalue weighted by atomic mass is 10.1. The van der Waals surface area contributed by atoms with Crippen molar-refractivity contribution in [2.24, 2.45) is 5.73 Å². The van der Waals surface area contributed by atoms with Crippen LogP contribution in [-0.2, 0) is 6.61 Å². The molecule has 2 aromatic rings. The molecule has 0 atom stereocenters. The minimum atomic E-state index is -0.568. The smallest absolute Gasteiger partial charge is 0.252 e. The number of hydrogen-bond donors (Lipinski definition) is 2. The highest BCUT2D eigenvalue weighted by atomic mass is 79.9. The number of carbonyl (C=O) groups is 1. The van der Waals surface area contributed by atoms with Crippen molar-refractivity contribution < 1.29 is 9.53 Å². The van der Waals surface area contributed by atoms with E-state index in [0.29, 0.717) is 16.5 Å². The summed E-state index contributed by atoms with van der Waals surface area (Å²) in [5.74, 6) is -0.224. The molecular formula is C14H12BrClN2O2. The zero-order valence-corrected chi connectivity index (χ0v) is 12.7. The van der Waals surface area contributed by atoms with Gasteiger partial charge in [-0.3, -0.25) is 4.79 Å². The molecule has 0 radical (unpaired) electrons. The molecule has 0 unspecified atom stereocenters. The molecule has 0 aromatic heterocycles. The van der Waals surface area contributed by atoms with Gasteiger partial charge in [-0.05, 0) is 24.3 Å². The Hall–Kier alpha value is -1.72. The van der Waals surface area contributed by atoms with Gasteiger partial charge in [0.05, 0.1) is 5.56 Å². The monoisotopic (exact) mass is 354 g/mol. The predicted octanol–water partition coefficient (Wildman–Crippen LogP) is 3.36. The van der Waals surface area contributed by atoms with Gasteiger partial charge in [-0.1, -0.05) is 33.6 Å². The molecule has 0 fully saturated rings. The van der Waals surface area contributed by atoms with Gasteiger partial charge < -0.3 is 16.2 Å². The van der Waals surface area contributed by atoms with Crippen molar-refractivity contribution >= 4 is 39.1 Å². The molecule has 20 heavy (non-hydrogen) atoms. The largest absolute Gasteiger partial charge is 0.488 e. The van der Waals surface area contributed by atoms with Crippen LogP contribution in [0.1, 0.15) is 15.9 Å². The van der Waals surface area contributed by atoms with E-state index in [1.165, 1.54) is 6.07 Å². The molecule has 2 rings (SSSR count). The third-order valence-corrected chi connectivity index (χ3v) is 3.51. The van der Waals surface area contributed by atoms with Gasteiger partial charge in [-0.15, -0.1) is 0 Å². The molecule has 1 amide bonds. The fourth-order valence-corrected chi connectivity index (χ4v) is 2.38. The summed E-state index contributed by atoms with van der Waals surface area (Å²) in [4.78, 5) is 11.3. The van der Waals surface area contributed by atoms with Gasteiger partial charge in [0.15, 0.2) is 0 Å². The summed E-state index contributed by atoms with van der Waals surface area (Å²) in [6, 6.07) is 10.2. The molecule has 0 saturated carbocycles. The van der Waals surface area contributed by atoms with Crippen LogP contribution in [0.5, 0.6) is 5.75 Å². The molecule has 0 aliphatic rings. The first-order valence-corrected chi connectivity index (χ1v) is 6.90. The molecule has 4 nitrogen and oxygen atoms in total. The standard InChI is InChI=1S/C14H12BrClN2O2/c15-9-2-1-8(12(16)5-9)7-20-13-6-10(17)3-4-11(13)14(18)19/h1-6H,7,17H2,(H2,18,19). The van der Waals surface area contributed by atoms with E-state index in [1.807, 2.05) is 12.1 Å². The van der Waals surface area contributed by atoms with Gasteiger partial charge in [0.1, 0.15) is 12.4 Å².